The SMILES string of the molecule is Cc1ccc2cccc(OCC(=O)N3CCNCC3)c2n1. The molecule has 1 aromatic carbocycles. The number of ether oxygens (including phenoxy) is 1. The Bertz CT molecular complexity index is 651. The van der Waals surface area contributed by atoms with Crippen LogP contribution in [0.3, 0.4) is 0 Å². The van der Waals surface area contributed by atoms with Gasteiger partial charge in [0.05, 0.1) is 0 Å². The Kier molecular flexibility index (Phi) is 4.01. The molecule has 0 spiro atoms. The molecule has 3 rings (SSSR count). The largest absolute Gasteiger partial charge is 0.481 e. The lowest BCUT2D eigenvalue weighted by molar-refractivity contribution is -0.133. The van der Waals surface area contributed by atoms with E-state index in [1.165, 1.54) is 0 Å². The molecule has 0 atom stereocenters. The predicted octanol–water partition coefficient (Wildman–Crippen LogP) is 1.35. The Balaban J connectivity index is 1.72. The summed E-state index contributed by atoms with van der Waals surface area (Å²) in [6.07, 6.45) is 0. The maximum atomic E-state index is 12.1. The van der Waals surface area contributed by atoms with Crippen LogP contribution in [0, 0.1) is 6.92 Å². The molecule has 0 unspecified atom stereocenters. The van der Waals surface area contributed by atoms with Crippen LogP contribution < -0.4 is 10.1 Å². The number of fused-ring (bicyclic) bond motifs is 1. The van der Waals surface area contributed by atoms with Gasteiger partial charge in [0.2, 0.25) is 0 Å². The van der Waals surface area contributed by atoms with Crippen molar-refractivity contribution in [3.63, 3.8) is 0 Å². The fourth-order valence-corrected chi connectivity index (χ4v) is 2.48. The minimum Gasteiger partial charge on any atom is -0.481 e. The highest BCUT2D eigenvalue weighted by Crippen LogP contribution is 2.23. The van der Waals surface area contributed by atoms with Gasteiger partial charge in [-0.3, -0.25) is 4.79 Å². The van der Waals surface area contributed by atoms with E-state index in [4.69, 9.17) is 4.74 Å². The number of aryl methyl sites for hydroxylation is 1. The zero-order chi connectivity index (χ0) is 14.7. The molecule has 1 aromatic heterocycles. The number of piperazine rings is 1. The number of carbonyl (C=O) groups excluding carboxylic acids is 1. The monoisotopic (exact) mass is 285 g/mol. The van der Waals surface area contributed by atoms with Gasteiger partial charge in [-0.15, -0.1) is 0 Å². The minimum atomic E-state index is 0.0288. The number of hydrogen-bond acceptors (Lipinski definition) is 4. The minimum absolute atomic E-state index is 0.0288. The lowest BCUT2D eigenvalue weighted by Crippen LogP contribution is -2.47. The first-order chi connectivity index (χ1) is 10.2. The molecule has 2 heterocycles. The van der Waals surface area contributed by atoms with Crippen LogP contribution in [0.4, 0.5) is 0 Å². The number of para-hydroxylation sites is 1. The van der Waals surface area contributed by atoms with Crippen molar-refractivity contribution in [1.82, 2.24) is 15.2 Å². The Morgan fingerprint density at radius 2 is 2.10 bits per heavy atom. The molecule has 5 nitrogen and oxygen atoms in total. The topological polar surface area (TPSA) is 54.5 Å². The molecule has 1 saturated heterocycles. The molecule has 1 aliphatic rings. The first kappa shape index (κ1) is 13.8. The molecule has 0 bridgehead atoms. The Hall–Kier alpha value is -2.14. The highest BCUT2D eigenvalue weighted by atomic mass is 16.5. The summed E-state index contributed by atoms with van der Waals surface area (Å²) in [6, 6.07) is 9.76. The summed E-state index contributed by atoms with van der Waals surface area (Å²) in [6.45, 7) is 5.20. The third-order valence-corrected chi connectivity index (χ3v) is 3.64. The van der Waals surface area contributed by atoms with Crippen molar-refractivity contribution in [2.45, 2.75) is 6.92 Å². The molecular formula is C16H19N3O2. The highest BCUT2D eigenvalue weighted by molar-refractivity contribution is 5.85. The summed E-state index contributed by atoms with van der Waals surface area (Å²) >= 11 is 0. The number of pyridine rings is 1. The van der Waals surface area contributed by atoms with E-state index in [9.17, 15) is 4.79 Å². The zero-order valence-electron chi connectivity index (χ0n) is 12.1. The molecule has 21 heavy (non-hydrogen) atoms. The van der Waals surface area contributed by atoms with Gasteiger partial charge in [0.1, 0.15) is 11.3 Å². The van der Waals surface area contributed by atoms with Crippen LogP contribution in [0.2, 0.25) is 0 Å². The molecule has 1 N–H and O–H groups in total. The van der Waals surface area contributed by atoms with Gasteiger partial charge in [-0.05, 0) is 19.1 Å². The first-order valence-electron chi connectivity index (χ1n) is 7.22. The Morgan fingerprint density at radius 3 is 2.90 bits per heavy atom. The number of rotatable bonds is 3. The third-order valence-electron chi connectivity index (χ3n) is 3.64. The second-order valence-electron chi connectivity index (χ2n) is 5.20. The van der Waals surface area contributed by atoms with Crippen molar-refractivity contribution in [1.29, 1.82) is 0 Å². The van der Waals surface area contributed by atoms with Crippen LogP contribution in [-0.4, -0.2) is 48.6 Å². The molecule has 0 saturated carbocycles. The second-order valence-corrected chi connectivity index (χ2v) is 5.20. The van der Waals surface area contributed by atoms with Gasteiger partial charge in [0.15, 0.2) is 6.61 Å². The number of nitrogens with one attached hydrogen (secondary N) is 1. The van der Waals surface area contributed by atoms with Gasteiger partial charge in [-0.25, -0.2) is 4.98 Å². The number of amides is 1. The van der Waals surface area contributed by atoms with Crippen LogP contribution in [0.5, 0.6) is 5.75 Å². The molecule has 5 heteroatoms. The van der Waals surface area contributed by atoms with Crippen LogP contribution in [0.25, 0.3) is 10.9 Å². The standard InChI is InChI=1S/C16H19N3O2/c1-12-5-6-13-3-2-4-14(16(13)18-12)21-11-15(20)19-9-7-17-8-10-19/h2-6,17H,7-11H2,1H3. The highest BCUT2D eigenvalue weighted by Gasteiger charge is 2.17. The second kappa shape index (κ2) is 6.10. The van der Waals surface area contributed by atoms with E-state index < -0.39 is 0 Å². The number of benzene rings is 1. The Morgan fingerprint density at radius 1 is 1.29 bits per heavy atom. The molecule has 0 radical (unpaired) electrons. The quantitative estimate of drug-likeness (QED) is 0.925. The van der Waals surface area contributed by atoms with Gasteiger partial charge in [0, 0.05) is 37.3 Å². The molecular weight excluding hydrogens is 266 g/mol. The molecule has 110 valence electrons. The van der Waals surface area contributed by atoms with Gasteiger partial charge < -0.3 is 15.0 Å². The van der Waals surface area contributed by atoms with E-state index in [1.807, 2.05) is 42.2 Å². The summed E-state index contributed by atoms with van der Waals surface area (Å²) in [5.74, 6) is 0.695. The number of nitrogens with zero attached hydrogens (tertiary/aromatic N) is 2. The van der Waals surface area contributed by atoms with E-state index in [1.54, 1.807) is 0 Å². The van der Waals surface area contributed by atoms with Gasteiger partial charge >= 0.3 is 0 Å². The van der Waals surface area contributed by atoms with E-state index in [-0.39, 0.29) is 12.5 Å². The van der Waals surface area contributed by atoms with E-state index in [2.05, 4.69) is 10.3 Å². The summed E-state index contributed by atoms with van der Waals surface area (Å²) in [4.78, 5) is 18.5. The van der Waals surface area contributed by atoms with E-state index >= 15 is 0 Å². The molecule has 1 fully saturated rings. The normalized spacial score (nSPS) is 15.2. The summed E-state index contributed by atoms with van der Waals surface area (Å²) in [5, 5.41) is 4.25. The fourth-order valence-electron chi connectivity index (χ4n) is 2.48. The summed E-state index contributed by atoms with van der Waals surface area (Å²) in [5.41, 5.74) is 1.75. The molecule has 1 amide bonds. The average Bonchev–Trinajstić information content (AvgIpc) is 2.53. The van der Waals surface area contributed by atoms with Crippen molar-refractivity contribution >= 4 is 16.8 Å². The predicted molar refractivity (Wildman–Crippen MR) is 81.4 cm³/mol. The average molecular weight is 285 g/mol. The number of carbonyl (C=O) groups is 1. The summed E-state index contributed by atoms with van der Waals surface area (Å²) < 4.78 is 5.72. The van der Waals surface area contributed by atoms with Gasteiger partial charge in [-0.2, -0.15) is 0 Å². The van der Waals surface area contributed by atoms with Crippen molar-refractivity contribution in [3.8, 4) is 5.75 Å². The van der Waals surface area contributed by atoms with Crippen molar-refractivity contribution in [3.05, 3.63) is 36.0 Å². The van der Waals surface area contributed by atoms with Crippen LogP contribution in [-0.2, 0) is 4.79 Å². The third kappa shape index (κ3) is 3.13. The van der Waals surface area contributed by atoms with Crippen molar-refractivity contribution in [2.75, 3.05) is 32.8 Å². The number of hydrogen-bond donors (Lipinski definition) is 1. The van der Waals surface area contributed by atoms with Crippen molar-refractivity contribution in [2.24, 2.45) is 0 Å². The molecule has 0 aliphatic carbocycles. The first-order valence-corrected chi connectivity index (χ1v) is 7.22. The van der Waals surface area contributed by atoms with Crippen molar-refractivity contribution < 1.29 is 9.53 Å². The van der Waals surface area contributed by atoms with E-state index in [0.29, 0.717) is 5.75 Å². The Labute approximate surface area is 123 Å². The lowest BCUT2D eigenvalue weighted by Gasteiger charge is -2.27. The zero-order valence-corrected chi connectivity index (χ0v) is 12.1. The van der Waals surface area contributed by atoms with Crippen LogP contribution in [0.1, 0.15) is 5.69 Å². The lowest BCUT2D eigenvalue weighted by atomic mass is 10.2. The van der Waals surface area contributed by atoms with Crippen LogP contribution in [0.15, 0.2) is 30.3 Å². The van der Waals surface area contributed by atoms with Crippen LogP contribution >= 0.6 is 0 Å². The van der Waals surface area contributed by atoms with Gasteiger partial charge in [-0.1, -0.05) is 18.2 Å². The fraction of sp³-hybridized carbons (Fsp3) is 0.375. The number of aromatic nitrogens is 1. The molecule has 1 aliphatic heterocycles. The maximum absolute atomic E-state index is 12.1. The molecule has 2 aromatic rings. The van der Waals surface area contributed by atoms with Gasteiger partial charge in [0.25, 0.3) is 5.91 Å². The van der Waals surface area contributed by atoms with E-state index in [0.717, 1.165) is 42.8 Å². The smallest absolute Gasteiger partial charge is 0.260 e. The summed E-state index contributed by atoms with van der Waals surface area (Å²) in [7, 11) is 0. The maximum Gasteiger partial charge on any atom is 0.260 e.